The molecule has 218 valence electrons. The Balaban J connectivity index is 1.20. The quantitative estimate of drug-likeness (QED) is 0.276. The number of nitrogens with zero attached hydrogens (tertiary/aromatic N) is 5. The predicted octanol–water partition coefficient (Wildman–Crippen LogP) is 4.77. The van der Waals surface area contributed by atoms with Gasteiger partial charge in [-0.1, -0.05) is 30.3 Å². The van der Waals surface area contributed by atoms with Crippen LogP contribution in [0.5, 0.6) is 5.75 Å². The smallest absolute Gasteiger partial charge is 0.404 e. The molecule has 4 aromatic rings. The second-order valence-corrected chi connectivity index (χ2v) is 11.5. The monoisotopic (exact) mass is 596 g/mol. The average molecular weight is 597 g/mol. The topological polar surface area (TPSA) is 102 Å². The number of benzene rings is 1. The van der Waals surface area contributed by atoms with Gasteiger partial charge in [0.15, 0.2) is 5.65 Å². The van der Waals surface area contributed by atoms with Crippen LogP contribution in [0.4, 0.5) is 27.8 Å². The van der Waals surface area contributed by atoms with Crippen LogP contribution in [0.1, 0.15) is 24.1 Å². The zero-order valence-corrected chi connectivity index (χ0v) is 22.2. The van der Waals surface area contributed by atoms with Crippen LogP contribution in [-0.4, -0.2) is 64.3 Å². The van der Waals surface area contributed by atoms with Crippen molar-refractivity contribution >= 4 is 26.9 Å². The lowest BCUT2D eigenvalue weighted by molar-refractivity contribution is -0.274. The standard InChI is InChI=1S/C26H25F5N6O3S/c27-25(28,22-7-6-20(14-32-22)40-26(29,30)31)16-36-11-8-19(9-12-36)35-23-21-10-13-37(24(21)34-17-33-23)41(38,39)15-18-4-2-1-3-5-18/h1-7,10,13-14,17,19H,8-9,11-12,15-16H2,(H,33,34,35). The third kappa shape index (κ3) is 6.90. The van der Waals surface area contributed by atoms with Crippen LogP contribution >= 0.6 is 0 Å². The summed E-state index contributed by atoms with van der Waals surface area (Å²) < 4.78 is 97.5. The highest BCUT2D eigenvalue weighted by Gasteiger charge is 2.37. The summed E-state index contributed by atoms with van der Waals surface area (Å²) in [5, 5.41) is 3.80. The Hall–Kier alpha value is -3.85. The molecule has 1 aliphatic rings. The molecule has 41 heavy (non-hydrogen) atoms. The van der Waals surface area contributed by atoms with E-state index in [1.165, 1.54) is 12.5 Å². The van der Waals surface area contributed by atoms with E-state index in [1.807, 2.05) is 0 Å². The van der Waals surface area contributed by atoms with Crippen molar-refractivity contribution in [1.29, 1.82) is 0 Å². The number of ether oxygens (including phenoxy) is 1. The second kappa shape index (κ2) is 11.2. The average Bonchev–Trinajstić information content (AvgIpc) is 3.36. The maximum absolute atomic E-state index is 14.8. The fourth-order valence-corrected chi connectivity index (χ4v) is 6.11. The number of fused-ring (bicyclic) bond motifs is 1. The van der Waals surface area contributed by atoms with Crippen molar-refractivity contribution in [2.45, 2.75) is 36.9 Å². The largest absolute Gasteiger partial charge is 0.573 e. The first kappa shape index (κ1) is 28.7. The van der Waals surface area contributed by atoms with Crippen LogP contribution in [0.15, 0.2) is 67.3 Å². The molecule has 5 rings (SSSR count). The van der Waals surface area contributed by atoms with Crippen molar-refractivity contribution in [3.63, 3.8) is 0 Å². The molecule has 0 saturated carbocycles. The van der Waals surface area contributed by atoms with Crippen molar-refractivity contribution in [3.05, 3.63) is 78.5 Å². The van der Waals surface area contributed by atoms with E-state index in [4.69, 9.17) is 0 Å². The fourth-order valence-electron chi connectivity index (χ4n) is 4.70. The van der Waals surface area contributed by atoms with Gasteiger partial charge in [0.05, 0.1) is 23.9 Å². The summed E-state index contributed by atoms with van der Waals surface area (Å²) >= 11 is 0. The molecular formula is C26H25F5N6O3S. The number of anilines is 1. The number of hydrogen-bond acceptors (Lipinski definition) is 8. The molecule has 1 fully saturated rings. The zero-order valence-electron chi connectivity index (χ0n) is 21.4. The molecule has 0 aliphatic carbocycles. The minimum Gasteiger partial charge on any atom is -0.404 e. The number of rotatable bonds is 9. The van der Waals surface area contributed by atoms with Crippen LogP contribution in [0.25, 0.3) is 11.0 Å². The molecule has 15 heteroatoms. The number of pyridine rings is 1. The number of aromatic nitrogens is 4. The lowest BCUT2D eigenvalue weighted by atomic mass is 10.0. The van der Waals surface area contributed by atoms with E-state index in [1.54, 1.807) is 41.3 Å². The minimum absolute atomic E-state index is 0.112. The van der Waals surface area contributed by atoms with Gasteiger partial charge in [-0.15, -0.1) is 13.2 Å². The lowest BCUT2D eigenvalue weighted by Gasteiger charge is -2.34. The van der Waals surface area contributed by atoms with Gasteiger partial charge in [-0.3, -0.25) is 9.88 Å². The summed E-state index contributed by atoms with van der Waals surface area (Å²) in [6.07, 6.45) is -0.613. The highest BCUT2D eigenvalue weighted by molar-refractivity contribution is 7.89. The third-order valence-electron chi connectivity index (χ3n) is 6.64. The van der Waals surface area contributed by atoms with Gasteiger partial charge in [-0.25, -0.2) is 22.4 Å². The van der Waals surface area contributed by atoms with E-state index in [2.05, 4.69) is 25.0 Å². The summed E-state index contributed by atoms with van der Waals surface area (Å²) in [5.74, 6) is -3.82. The third-order valence-corrected chi connectivity index (χ3v) is 8.23. The summed E-state index contributed by atoms with van der Waals surface area (Å²) in [4.78, 5) is 13.5. The van der Waals surface area contributed by atoms with Gasteiger partial charge in [0.25, 0.3) is 0 Å². The van der Waals surface area contributed by atoms with Crippen molar-refractivity contribution in [2.24, 2.45) is 0 Å². The normalized spacial score (nSPS) is 15.7. The fraction of sp³-hybridized carbons (Fsp3) is 0.346. The molecule has 9 nitrogen and oxygen atoms in total. The summed E-state index contributed by atoms with van der Waals surface area (Å²) in [5.41, 5.74) is 0.222. The number of halogens is 5. The first-order chi connectivity index (χ1) is 19.4. The Morgan fingerprint density at radius 3 is 2.34 bits per heavy atom. The number of hydrogen-bond donors (Lipinski definition) is 1. The molecular weight excluding hydrogens is 571 g/mol. The van der Waals surface area contributed by atoms with Gasteiger partial charge in [0.1, 0.15) is 23.6 Å². The number of alkyl halides is 5. The van der Waals surface area contributed by atoms with Gasteiger partial charge in [-0.2, -0.15) is 8.78 Å². The molecule has 3 aromatic heterocycles. The number of likely N-dealkylation sites (tertiary alicyclic amines) is 1. The van der Waals surface area contributed by atoms with Gasteiger partial charge in [0.2, 0.25) is 10.0 Å². The van der Waals surface area contributed by atoms with Crippen LogP contribution in [-0.2, 0) is 21.7 Å². The molecule has 1 saturated heterocycles. The van der Waals surface area contributed by atoms with E-state index in [0.717, 1.165) is 16.1 Å². The Morgan fingerprint density at radius 1 is 0.951 bits per heavy atom. The summed E-state index contributed by atoms with van der Waals surface area (Å²) in [6.45, 7) is -0.00148. The Morgan fingerprint density at radius 2 is 1.68 bits per heavy atom. The van der Waals surface area contributed by atoms with Crippen molar-refractivity contribution in [1.82, 2.24) is 23.8 Å². The molecule has 0 spiro atoms. The first-order valence-electron chi connectivity index (χ1n) is 12.6. The van der Waals surface area contributed by atoms with E-state index < -0.39 is 40.3 Å². The van der Waals surface area contributed by atoms with Crippen LogP contribution in [0.3, 0.4) is 0 Å². The highest BCUT2D eigenvalue weighted by atomic mass is 32.2. The highest BCUT2D eigenvalue weighted by Crippen LogP contribution is 2.31. The molecule has 0 unspecified atom stereocenters. The molecule has 1 N–H and O–H groups in total. The predicted molar refractivity (Wildman–Crippen MR) is 140 cm³/mol. The van der Waals surface area contributed by atoms with Crippen molar-refractivity contribution < 1.29 is 35.1 Å². The summed E-state index contributed by atoms with van der Waals surface area (Å²) in [6, 6.07) is 11.9. The van der Waals surface area contributed by atoms with Crippen LogP contribution < -0.4 is 10.1 Å². The Labute approximate surface area is 232 Å². The SMILES string of the molecule is O=S(=O)(Cc1ccccc1)n1ccc2c(NC3CCN(CC(F)(F)c4ccc(OC(F)(F)F)cn4)CC3)ncnc21. The molecule has 0 radical (unpaired) electrons. The number of nitrogens with one attached hydrogen (secondary N) is 1. The van der Waals surface area contributed by atoms with Crippen LogP contribution in [0, 0.1) is 0 Å². The van der Waals surface area contributed by atoms with Crippen molar-refractivity contribution in [3.8, 4) is 5.75 Å². The molecule has 4 heterocycles. The van der Waals surface area contributed by atoms with Gasteiger partial charge >= 0.3 is 12.3 Å². The molecule has 0 atom stereocenters. The van der Waals surface area contributed by atoms with Gasteiger partial charge in [-0.05, 0) is 36.6 Å². The molecule has 1 aliphatic heterocycles. The first-order valence-corrected chi connectivity index (χ1v) is 14.2. The number of piperidine rings is 1. The van der Waals surface area contributed by atoms with Crippen LogP contribution in [0.2, 0.25) is 0 Å². The van der Waals surface area contributed by atoms with Crippen molar-refractivity contribution in [2.75, 3.05) is 25.0 Å². The van der Waals surface area contributed by atoms with Gasteiger partial charge in [0, 0.05) is 25.3 Å². The maximum atomic E-state index is 14.8. The Kier molecular flexibility index (Phi) is 7.83. The molecule has 0 amide bonds. The minimum atomic E-state index is -4.94. The van der Waals surface area contributed by atoms with E-state index in [9.17, 15) is 30.4 Å². The van der Waals surface area contributed by atoms with E-state index in [-0.39, 0.29) is 17.4 Å². The second-order valence-electron chi connectivity index (χ2n) is 9.64. The van der Waals surface area contributed by atoms with E-state index in [0.29, 0.717) is 48.9 Å². The molecule has 1 aromatic carbocycles. The summed E-state index contributed by atoms with van der Waals surface area (Å²) in [7, 11) is -3.75. The zero-order chi connectivity index (χ0) is 29.3. The maximum Gasteiger partial charge on any atom is 0.573 e. The Bertz CT molecular complexity index is 1590. The van der Waals surface area contributed by atoms with Gasteiger partial charge < -0.3 is 10.1 Å². The lowest BCUT2D eigenvalue weighted by Crippen LogP contribution is -2.44. The van der Waals surface area contributed by atoms with E-state index >= 15 is 0 Å². The molecule has 0 bridgehead atoms.